The molecule has 0 aliphatic carbocycles. The van der Waals surface area contributed by atoms with Gasteiger partial charge in [-0.3, -0.25) is 13.9 Å². The van der Waals surface area contributed by atoms with E-state index in [0.29, 0.717) is 42.2 Å². The lowest BCUT2D eigenvalue weighted by atomic mass is 10.0. The lowest BCUT2D eigenvalue weighted by Gasteiger charge is -2.13. The highest BCUT2D eigenvalue weighted by atomic mass is 19.4. The quantitative estimate of drug-likeness (QED) is 0.242. The molecule has 0 atom stereocenters. The molecule has 39 heavy (non-hydrogen) atoms. The number of aryl methyl sites for hydroxylation is 1. The first kappa shape index (κ1) is 27.6. The molecule has 204 valence electrons. The Kier molecular flexibility index (Phi) is 8.46. The number of rotatable bonds is 11. The van der Waals surface area contributed by atoms with Gasteiger partial charge in [0.05, 0.1) is 23.5 Å². The summed E-state index contributed by atoms with van der Waals surface area (Å²) in [6, 6.07) is 7.10. The number of fused-ring (bicyclic) bond motifs is 1. The minimum Gasteiger partial charge on any atom is -0.352 e. The van der Waals surface area contributed by atoms with Crippen molar-refractivity contribution in [2.45, 2.75) is 45.3 Å². The average Bonchev–Trinajstić information content (AvgIpc) is 3.53. The van der Waals surface area contributed by atoms with Crippen LogP contribution >= 0.6 is 0 Å². The zero-order valence-corrected chi connectivity index (χ0v) is 21.3. The summed E-state index contributed by atoms with van der Waals surface area (Å²) in [6.07, 6.45) is 4.06. The number of nitrogens with zero attached hydrogens (tertiary/aromatic N) is 6. The van der Waals surface area contributed by atoms with Crippen molar-refractivity contribution in [2.75, 3.05) is 18.4 Å². The molecule has 0 fully saturated rings. The van der Waals surface area contributed by atoms with Gasteiger partial charge in [-0.2, -0.15) is 23.5 Å². The second-order valence-electron chi connectivity index (χ2n) is 8.81. The molecule has 10 nitrogen and oxygen atoms in total. The standard InChI is InChI=1S/C26H28F3N9O/c1-2-17-14-18(6-7-19(17)25(39)33-10-5-3-4-8-30)35-23-24-34-15-21(38(24)13-11-32-23)20-16-37(12-9-31)36-22(20)26(27,28)29/h6-7,11,13-16H,2-5,8,10,12,30H2,1H3,(H,32,35)(H,33,39). The van der Waals surface area contributed by atoms with Crippen LogP contribution in [0, 0.1) is 11.3 Å². The van der Waals surface area contributed by atoms with Crippen LogP contribution < -0.4 is 16.4 Å². The fourth-order valence-electron chi connectivity index (χ4n) is 4.24. The summed E-state index contributed by atoms with van der Waals surface area (Å²) in [5, 5.41) is 18.6. The maximum Gasteiger partial charge on any atom is 0.435 e. The summed E-state index contributed by atoms with van der Waals surface area (Å²) in [5.74, 6) is 0.169. The van der Waals surface area contributed by atoms with Crippen LogP contribution in [0.3, 0.4) is 0 Å². The molecule has 4 N–H and O–H groups in total. The van der Waals surface area contributed by atoms with Crippen LogP contribution in [-0.2, 0) is 19.1 Å². The summed E-state index contributed by atoms with van der Waals surface area (Å²) >= 11 is 0. The van der Waals surface area contributed by atoms with Gasteiger partial charge in [0.25, 0.3) is 5.91 Å². The average molecular weight is 540 g/mol. The molecule has 3 heterocycles. The predicted octanol–water partition coefficient (Wildman–Crippen LogP) is 4.30. The first-order valence-electron chi connectivity index (χ1n) is 12.5. The monoisotopic (exact) mass is 539 g/mol. The lowest BCUT2D eigenvalue weighted by molar-refractivity contribution is -0.141. The third kappa shape index (κ3) is 6.18. The van der Waals surface area contributed by atoms with Gasteiger partial charge in [-0.15, -0.1) is 0 Å². The van der Waals surface area contributed by atoms with Gasteiger partial charge in [0.2, 0.25) is 0 Å². The van der Waals surface area contributed by atoms with Crippen molar-refractivity contribution in [2.24, 2.45) is 5.73 Å². The molecular formula is C26H28F3N9O. The van der Waals surface area contributed by atoms with Gasteiger partial charge in [0.15, 0.2) is 17.2 Å². The Morgan fingerprint density at radius 2 is 2.03 bits per heavy atom. The molecule has 0 saturated heterocycles. The smallest absolute Gasteiger partial charge is 0.352 e. The van der Waals surface area contributed by atoms with Crippen molar-refractivity contribution in [1.82, 2.24) is 29.5 Å². The summed E-state index contributed by atoms with van der Waals surface area (Å²) in [6.45, 7) is 2.83. The SMILES string of the molecule is CCc1cc(Nc2nccn3c(-c4cn(CC#N)nc4C(F)(F)F)cnc23)ccc1C(=O)NCCCCCN. The Bertz CT molecular complexity index is 1500. The van der Waals surface area contributed by atoms with Gasteiger partial charge in [-0.25, -0.2) is 9.97 Å². The van der Waals surface area contributed by atoms with Gasteiger partial charge in [-0.05, 0) is 49.6 Å². The molecule has 13 heteroatoms. The number of alkyl halides is 3. The number of unbranched alkanes of at least 4 members (excludes halogenated alkanes) is 2. The molecule has 0 unspecified atom stereocenters. The fourth-order valence-corrected chi connectivity index (χ4v) is 4.24. The summed E-state index contributed by atoms with van der Waals surface area (Å²) < 4.78 is 43.5. The molecule has 0 radical (unpaired) electrons. The van der Waals surface area contributed by atoms with Gasteiger partial charge in [0, 0.05) is 36.4 Å². The number of halogens is 3. The van der Waals surface area contributed by atoms with Crippen LogP contribution in [-0.4, -0.2) is 43.1 Å². The van der Waals surface area contributed by atoms with Crippen LogP contribution in [0.15, 0.2) is 43.0 Å². The van der Waals surface area contributed by atoms with Crippen LogP contribution in [0.5, 0.6) is 0 Å². The number of hydrogen-bond donors (Lipinski definition) is 3. The number of nitriles is 1. The Hall–Kier alpha value is -4.44. The number of nitrogens with two attached hydrogens (primary N) is 1. The van der Waals surface area contributed by atoms with Gasteiger partial charge >= 0.3 is 6.18 Å². The number of hydrogen-bond acceptors (Lipinski definition) is 7. The first-order valence-corrected chi connectivity index (χ1v) is 12.5. The number of benzene rings is 1. The molecule has 0 saturated carbocycles. The summed E-state index contributed by atoms with van der Waals surface area (Å²) in [4.78, 5) is 21.3. The normalized spacial score (nSPS) is 11.5. The van der Waals surface area contributed by atoms with Crippen LogP contribution in [0.4, 0.5) is 24.7 Å². The molecule has 0 aliphatic heterocycles. The number of anilines is 2. The van der Waals surface area contributed by atoms with Crippen LogP contribution in [0.2, 0.25) is 0 Å². The van der Waals surface area contributed by atoms with E-state index >= 15 is 0 Å². The molecule has 4 aromatic rings. The van der Waals surface area contributed by atoms with Crippen molar-refractivity contribution in [3.8, 4) is 17.3 Å². The minimum atomic E-state index is -4.72. The molecule has 3 aromatic heterocycles. The number of nitrogens with one attached hydrogen (secondary N) is 2. The highest BCUT2D eigenvalue weighted by molar-refractivity contribution is 5.96. The van der Waals surface area contributed by atoms with E-state index in [0.717, 1.165) is 29.5 Å². The third-order valence-corrected chi connectivity index (χ3v) is 6.13. The first-order chi connectivity index (χ1) is 18.8. The Morgan fingerprint density at radius 1 is 1.21 bits per heavy atom. The zero-order valence-electron chi connectivity index (χ0n) is 21.3. The molecule has 0 spiro atoms. The number of carbonyl (C=O) groups is 1. The van der Waals surface area contributed by atoms with E-state index in [4.69, 9.17) is 11.0 Å². The predicted molar refractivity (Wildman–Crippen MR) is 139 cm³/mol. The number of amides is 1. The Morgan fingerprint density at radius 3 is 2.74 bits per heavy atom. The number of carbonyl (C=O) groups excluding carboxylic acids is 1. The van der Waals surface area contributed by atoms with E-state index in [-0.39, 0.29) is 23.7 Å². The lowest BCUT2D eigenvalue weighted by Crippen LogP contribution is -2.25. The maximum atomic E-state index is 13.7. The highest BCUT2D eigenvalue weighted by Crippen LogP contribution is 2.37. The van der Waals surface area contributed by atoms with E-state index in [2.05, 4.69) is 25.7 Å². The molecular weight excluding hydrogens is 511 g/mol. The van der Waals surface area contributed by atoms with Crippen molar-refractivity contribution in [3.05, 3.63) is 59.8 Å². The molecule has 1 amide bonds. The largest absolute Gasteiger partial charge is 0.435 e. The van der Waals surface area contributed by atoms with Gasteiger partial charge < -0.3 is 16.4 Å². The highest BCUT2D eigenvalue weighted by Gasteiger charge is 2.38. The summed E-state index contributed by atoms with van der Waals surface area (Å²) in [7, 11) is 0. The van der Waals surface area contributed by atoms with Gasteiger partial charge in [0.1, 0.15) is 6.54 Å². The van der Waals surface area contributed by atoms with Gasteiger partial charge in [-0.1, -0.05) is 13.3 Å². The van der Waals surface area contributed by atoms with Crippen molar-refractivity contribution >= 4 is 23.1 Å². The molecule has 4 rings (SSSR count). The molecule has 0 bridgehead atoms. The second-order valence-corrected chi connectivity index (χ2v) is 8.81. The molecule has 0 aliphatic rings. The third-order valence-electron chi connectivity index (χ3n) is 6.13. The van der Waals surface area contributed by atoms with Crippen LogP contribution in [0.1, 0.15) is 47.8 Å². The fraction of sp³-hybridized carbons (Fsp3) is 0.346. The second kappa shape index (κ2) is 12.0. The van der Waals surface area contributed by atoms with E-state index in [1.54, 1.807) is 18.2 Å². The zero-order chi connectivity index (χ0) is 28.0. The van der Waals surface area contributed by atoms with Crippen molar-refractivity contribution in [3.63, 3.8) is 0 Å². The van der Waals surface area contributed by atoms with Crippen molar-refractivity contribution < 1.29 is 18.0 Å². The topological polar surface area (TPSA) is 139 Å². The molecule has 1 aromatic carbocycles. The maximum absolute atomic E-state index is 13.7. The Balaban J connectivity index is 1.60. The number of imidazole rings is 1. The summed E-state index contributed by atoms with van der Waals surface area (Å²) in [5.41, 5.74) is 6.70. The van der Waals surface area contributed by atoms with E-state index in [9.17, 15) is 18.0 Å². The van der Waals surface area contributed by atoms with Crippen molar-refractivity contribution in [1.29, 1.82) is 5.26 Å². The Labute approximate surface area is 222 Å². The van der Waals surface area contributed by atoms with E-state index < -0.39 is 11.9 Å². The number of aromatic nitrogens is 5. The minimum absolute atomic E-state index is 0.151. The van der Waals surface area contributed by atoms with E-state index in [1.807, 2.05) is 13.0 Å². The van der Waals surface area contributed by atoms with E-state index in [1.165, 1.54) is 29.2 Å². The van der Waals surface area contributed by atoms with Crippen LogP contribution in [0.25, 0.3) is 16.9 Å².